The summed E-state index contributed by atoms with van der Waals surface area (Å²) in [5, 5.41) is 0. The number of ether oxygens (including phenoxy) is 1. The maximum atomic E-state index is 5.69. The number of nitrogens with zero attached hydrogens (tertiary/aromatic N) is 1. The fraction of sp³-hybridized carbons (Fsp3) is 0.231. The molecular formula is C13H15BrN2O. The van der Waals surface area contributed by atoms with Gasteiger partial charge in [0.2, 0.25) is 0 Å². The summed E-state index contributed by atoms with van der Waals surface area (Å²) in [5.41, 5.74) is 7.99. The summed E-state index contributed by atoms with van der Waals surface area (Å²) in [6.07, 6.45) is 2.04. The van der Waals surface area contributed by atoms with Crippen molar-refractivity contribution in [2.24, 2.45) is 5.73 Å². The summed E-state index contributed by atoms with van der Waals surface area (Å²) in [6.45, 7) is 1.34. The standard InChI is InChI=1S/C13H15BrN2O/c1-17-12-4-5-13(14)10(7-12)9-16-6-2-3-11(16)8-15/h2-7H,8-9,15H2,1H3. The molecule has 0 fully saturated rings. The van der Waals surface area contributed by atoms with Crippen LogP contribution in [0, 0.1) is 0 Å². The van der Waals surface area contributed by atoms with E-state index in [0.717, 1.165) is 22.5 Å². The van der Waals surface area contributed by atoms with E-state index in [-0.39, 0.29) is 0 Å². The zero-order chi connectivity index (χ0) is 12.3. The summed E-state index contributed by atoms with van der Waals surface area (Å²) < 4.78 is 8.45. The summed E-state index contributed by atoms with van der Waals surface area (Å²) in [6, 6.07) is 10.0. The van der Waals surface area contributed by atoms with E-state index in [4.69, 9.17) is 10.5 Å². The molecule has 1 aromatic heterocycles. The molecule has 0 atom stereocenters. The van der Waals surface area contributed by atoms with Crippen LogP contribution in [0.5, 0.6) is 5.75 Å². The Morgan fingerprint density at radius 1 is 1.35 bits per heavy atom. The first kappa shape index (κ1) is 12.2. The Balaban J connectivity index is 2.29. The van der Waals surface area contributed by atoms with Gasteiger partial charge in [-0.25, -0.2) is 0 Å². The van der Waals surface area contributed by atoms with Gasteiger partial charge in [-0.15, -0.1) is 0 Å². The Kier molecular flexibility index (Phi) is 3.86. The largest absolute Gasteiger partial charge is 0.497 e. The molecule has 4 heteroatoms. The summed E-state index contributed by atoms with van der Waals surface area (Å²) in [4.78, 5) is 0. The van der Waals surface area contributed by atoms with Crippen molar-refractivity contribution in [3.63, 3.8) is 0 Å². The van der Waals surface area contributed by atoms with Crippen molar-refractivity contribution in [1.29, 1.82) is 0 Å². The third-order valence-electron chi connectivity index (χ3n) is 2.73. The average Bonchev–Trinajstić information content (AvgIpc) is 2.79. The van der Waals surface area contributed by atoms with Crippen molar-refractivity contribution >= 4 is 15.9 Å². The lowest BCUT2D eigenvalue weighted by atomic mass is 10.2. The second-order valence-electron chi connectivity index (χ2n) is 3.79. The van der Waals surface area contributed by atoms with Gasteiger partial charge in [-0.3, -0.25) is 0 Å². The zero-order valence-corrected chi connectivity index (χ0v) is 11.3. The zero-order valence-electron chi connectivity index (χ0n) is 9.69. The van der Waals surface area contributed by atoms with Crippen LogP contribution in [0.15, 0.2) is 41.0 Å². The van der Waals surface area contributed by atoms with Gasteiger partial charge in [-0.1, -0.05) is 15.9 Å². The van der Waals surface area contributed by atoms with Gasteiger partial charge < -0.3 is 15.0 Å². The monoisotopic (exact) mass is 294 g/mol. The third kappa shape index (κ3) is 2.70. The lowest BCUT2D eigenvalue weighted by Crippen LogP contribution is -2.07. The van der Waals surface area contributed by atoms with E-state index >= 15 is 0 Å². The number of nitrogens with two attached hydrogens (primary N) is 1. The Hall–Kier alpha value is -1.26. The molecule has 2 aromatic rings. The summed E-state index contributed by atoms with van der Waals surface area (Å²) in [7, 11) is 1.67. The fourth-order valence-corrected chi connectivity index (χ4v) is 2.14. The van der Waals surface area contributed by atoms with Crippen LogP contribution in [0.1, 0.15) is 11.3 Å². The highest BCUT2D eigenvalue weighted by Crippen LogP contribution is 2.23. The minimum atomic E-state index is 0.550. The minimum Gasteiger partial charge on any atom is -0.497 e. The van der Waals surface area contributed by atoms with E-state index in [1.165, 1.54) is 5.56 Å². The molecule has 0 aliphatic heterocycles. The van der Waals surface area contributed by atoms with Crippen LogP contribution in [0.2, 0.25) is 0 Å². The van der Waals surface area contributed by atoms with Gasteiger partial charge in [0.15, 0.2) is 0 Å². The van der Waals surface area contributed by atoms with E-state index in [1.807, 2.05) is 36.5 Å². The normalized spacial score (nSPS) is 10.5. The van der Waals surface area contributed by atoms with Crippen LogP contribution in [-0.4, -0.2) is 11.7 Å². The number of aromatic nitrogens is 1. The Morgan fingerprint density at radius 3 is 2.88 bits per heavy atom. The SMILES string of the molecule is COc1ccc(Br)c(Cn2cccc2CN)c1. The maximum absolute atomic E-state index is 5.69. The first-order valence-electron chi connectivity index (χ1n) is 5.41. The van der Waals surface area contributed by atoms with Gasteiger partial charge in [0, 0.05) is 29.5 Å². The highest BCUT2D eigenvalue weighted by atomic mass is 79.9. The van der Waals surface area contributed by atoms with E-state index < -0.39 is 0 Å². The van der Waals surface area contributed by atoms with Gasteiger partial charge in [0.05, 0.1) is 7.11 Å². The van der Waals surface area contributed by atoms with Crippen molar-refractivity contribution in [2.45, 2.75) is 13.1 Å². The maximum Gasteiger partial charge on any atom is 0.119 e. The number of halogens is 1. The lowest BCUT2D eigenvalue weighted by molar-refractivity contribution is 0.414. The number of methoxy groups -OCH3 is 1. The molecule has 0 saturated carbocycles. The van der Waals surface area contributed by atoms with Crippen molar-refractivity contribution in [3.8, 4) is 5.75 Å². The molecule has 0 saturated heterocycles. The van der Waals surface area contributed by atoms with Crippen molar-refractivity contribution < 1.29 is 4.74 Å². The highest BCUT2D eigenvalue weighted by Gasteiger charge is 2.05. The van der Waals surface area contributed by atoms with Gasteiger partial charge in [0.25, 0.3) is 0 Å². The van der Waals surface area contributed by atoms with Crippen molar-refractivity contribution in [2.75, 3.05) is 7.11 Å². The third-order valence-corrected chi connectivity index (χ3v) is 3.50. The van der Waals surface area contributed by atoms with Gasteiger partial charge in [-0.2, -0.15) is 0 Å². The summed E-state index contributed by atoms with van der Waals surface area (Å²) in [5.74, 6) is 0.865. The average molecular weight is 295 g/mol. The molecular weight excluding hydrogens is 280 g/mol. The molecule has 2 N–H and O–H groups in total. The molecule has 3 nitrogen and oxygen atoms in total. The van der Waals surface area contributed by atoms with Crippen LogP contribution >= 0.6 is 15.9 Å². The first-order chi connectivity index (χ1) is 8.24. The molecule has 0 radical (unpaired) electrons. The van der Waals surface area contributed by atoms with E-state index in [1.54, 1.807) is 7.11 Å². The second-order valence-corrected chi connectivity index (χ2v) is 4.64. The Labute approximate surface area is 109 Å². The van der Waals surface area contributed by atoms with Gasteiger partial charge >= 0.3 is 0 Å². The molecule has 0 unspecified atom stereocenters. The molecule has 1 heterocycles. The van der Waals surface area contributed by atoms with Crippen LogP contribution in [-0.2, 0) is 13.1 Å². The number of benzene rings is 1. The predicted molar refractivity (Wildman–Crippen MR) is 72.1 cm³/mol. The van der Waals surface area contributed by atoms with Crippen molar-refractivity contribution in [1.82, 2.24) is 4.57 Å². The van der Waals surface area contributed by atoms with Gasteiger partial charge in [-0.05, 0) is 35.9 Å². The molecule has 0 aliphatic carbocycles. The van der Waals surface area contributed by atoms with Crippen LogP contribution in [0.4, 0.5) is 0 Å². The molecule has 0 amide bonds. The first-order valence-corrected chi connectivity index (χ1v) is 6.20. The molecule has 0 bridgehead atoms. The highest BCUT2D eigenvalue weighted by molar-refractivity contribution is 9.10. The predicted octanol–water partition coefficient (Wildman–Crippen LogP) is 2.77. The van der Waals surface area contributed by atoms with Crippen LogP contribution in [0.3, 0.4) is 0 Å². The second kappa shape index (κ2) is 5.38. The lowest BCUT2D eigenvalue weighted by Gasteiger charge is -2.11. The number of hydrogen-bond donors (Lipinski definition) is 1. The quantitative estimate of drug-likeness (QED) is 0.942. The number of rotatable bonds is 4. The molecule has 2 rings (SSSR count). The smallest absolute Gasteiger partial charge is 0.119 e. The fourth-order valence-electron chi connectivity index (χ4n) is 1.77. The van der Waals surface area contributed by atoms with Gasteiger partial charge in [0.1, 0.15) is 5.75 Å². The van der Waals surface area contributed by atoms with E-state index in [9.17, 15) is 0 Å². The van der Waals surface area contributed by atoms with Crippen LogP contribution < -0.4 is 10.5 Å². The molecule has 0 spiro atoms. The van der Waals surface area contributed by atoms with E-state index in [0.29, 0.717) is 6.54 Å². The Bertz CT molecular complexity index is 508. The molecule has 90 valence electrons. The topological polar surface area (TPSA) is 40.2 Å². The minimum absolute atomic E-state index is 0.550. The molecule has 1 aromatic carbocycles. The molecule has 17 heavy (non-hydrogen) atoms. The summed E-state index contributed by atoms with van der Waals surface area (Å²) >= 11 is 3.55. The van der Waals surface area contributed by atoms with Crippen molar-refractivity contribution in [3.05, 3.63) is 52.3 Å². The molecule has 0 aliphatic rings. The van der Waals surface area contributed by atoms with E-state index in [2.05, 4.69) is 20.5 Å². The Morgan fingerprint density at radius 2 is 2.18 bits per heavy atom. The van der Waals surface area contributed by atoms with Crippen LogP contribution in [0.25, 0.3) is 0 Å². The number of hydrogen-bond acceptors (Lipinski definition) is 2.